The molecule has 0 bridgehead atoms. The zero-order valence-electron chi connectivity index (χ0n) is 15.9. The van der Waals surface area contributed by atoms with E-state index in [4.69, 9.17) is 5.11 Å². The van der Waals surface area contributed by atoms with Crippen molar-refractivity contribution in [3.8, 4) is 0 Å². The van der Waals surface area contributed by atoms with E-state index in [1.807, 2.05) is 4.90 Å². The molecular weight excluding hydrogens is 360 g/mol. The van der Waals surface area contributed by atoms with Gasteiger partial charge in [0.05, 0.1) is 11.5 Å². The Hall–Kier alpha value is -2.48. The maximum absolute atomic E-state index is 12.8. The highest BCUT2D eigenvalue weighted by Crippen LogP contribution is 2.26. The minimum Gasteiger partial charge on any atom is -0.477 e. The van der Waals surface area contributed by atoms with Crippen molar-refractivity contribution >= 4 is 17.8 Å². The van der Waals surface area contributed by atoms with Gasteiger partial charge in [-0.3, -0.25) is 14.5 Å². The van der Waals surface area contributed by atoms with E-state index in [1.54, 1.807) is 4.90 Å². The monoisotopic (exact) mass is 386 g/mol. The van der Waals surface area contributed by atoms with Gasteiger partial charge < -0.3 is 14.9 Å². The van der Waals surface area contributed by atoms with E-state index in [-0.39, 0.29) is 23.4 Å². The van der Waals surface area contributed by atoms with Crippen LogP contribution in [0.1, 0.15) is 46.5 Å². The van der Waals surface area contributed by atoms with Crippen LogP contribution in [0.25, 0.3) is 0 Å². The van der Waals surface area contributed by atoms with Crippen LogP contribution in [0, 0.1) is 5.92 Å². The first-order valence-corrected chi connectivity index (χ1v) is 10.0. The Morgan fingerprint density at radius 1 is 0.964 bits per heavy atom. The average Bonchev–Trinajstić information content (AvgIpc) is 2.85. The highest BCUT2D eigenvalue weighted by atomic mass is 16.4. The van der Waals surface area contributed by atoms with Gasteiger partial charge >= 0.3 is 5.97 Å². The zero-order valence-corrected chi connectivity index (χ0v) is 15.9. The fourth-order valence-electron chi connectivity index (χ4n) is 4.16. The molecule has 0 aromatic carbocycles. The van der Waals surface area contributed by atoms with Gasteiger partial charge in [0.15, 0.2) is 0 Å². The van der Waals surface area contributed by atoms with E-state index in [1.165, 1.54) is 37.6 Å². The third-order valence-electron chi connectivity index (χ3n) is 6.18. The van der Waals surface area contributed by atoms with E-state index in [0.29, 0.717) is 24.7 Å². The van der Waals surface area contributed by atoms with Crippen LogP contribution in [0.5, 0.6) is 0 Å². The fourth-order valence-corrected chi connectivity index (χ4v) is 4.16. The lowest BCUT2D eigenvalue weighted by atomic mass is 9.91. The summed E-state index contributed by atoms with van der Waals surface area (Å²) >= 11 is 0. The summed E-state index contributed by atoms with van der Waals surface area (Å²) < 4.78 is 0. The number of hydrogen-bond acceptors (Lipinski definition) is 5. The largest absolute Gasteiger partial charge is 0.477 e. The molecule has 150 valence electrons. The summed E-state index contributed by atoms with van der Waals surface area (Å²) in [4.78, 5) is 46.0. The van der Waals surface area contributed by atoms with Crippen LogP contribution < -0.4 is 0 Å². The number of rotatable bonds is 4. The van der Waals surface area contributed by atoms with Crippen LogP contribution in [0.2, 0.25) is 0 Å². The number of hydrogen-bond donors (Lipinski definition) is 1. The number of pyridine rings is 1. The van der Waals surface area contributed by atoms with Crippen molar-refractivity contribution in [1.82, 2.24) is 19.7 Å². The number of nitrogens with zero attached hydrogens (tertiary/aromatic N) is 4. The minimum absolute atomic E-state index is 0.0923. The van der Waals surface area contributed by atoms with Crippen molar-refractivity contribution in [1.29, 1.82) is 0 Å². The van der Waals surface area contributed by atoms with Crippen molar-refractivity contribution in [3.05, 3.63) is 29.6 Å². The zero-order chi connectivity index (χ0) is 19.7. The number of carbonyl (C=O) groups is 3. The summed E-state index contributed by atoms with van der Waals surface area (Å²) in [5.41, 5.74) is 0.257. The van der Waals surface area contributed by atoms with Gasteiger partial charge in [0.25, 0.3) is 5.91 Å². The number of aromatic carboxylic acids is 1. The van der Waals surface area contributed by atoms with Gasteiger partial charge in [-0.1, -0.05) is 6.42 Å². The molecule has 2 saturated heterocycles. The van der Waals surface area contributed by atoms with Gasteiger partial charge in [-0.2, -0.15) is 0 Å². The van der Waals surface area contributed by atoms with Crippen LogP contribution in [0.4, 0.5) is 0 Å². The third-order valence-corrected chi connectivity index (χ3v) is 6.18. The summed E-state index contributed by atoms with van der Waals surface area (Å²) in [6.45, 7) is 4.44. The molecule has 3 heterocycles. The molecule has 3 fully saturated rings. The summed E-state index contributed by atoms with van der Waals surface area (Å²) in [5.74, 6) is -1.31. The Kier molecular flexibility index (Phi) is 5.30. The van der Waals surface area contributed by atoms with Crippen LogP contribution in [-0.4, -0.2) is 87.9 Å². The lowest BCUT2D eigenvalue weighted by Crippen LogP contribution is -2.56. The number of carboxylic acid groups (broad SMARTS) is 1. The summed E-state index contributed by atoms with van der Waals surface area (Å²) in [6, 6.07) is 3.51. The molecule has 8 heteroatoms. The Morgan fingerprint density at radius 3 is 2.36 bits per heavy atom. The number of amides is 2. The van der Waals surface area contributed by atoms with Crippen LogP contribution in [0.15, 0.2) is 18.3 Å². The summed E-state index contributed by atoms with van der Waals surface area (Å²) in [7, 11) is 0. The average molecular weight is 386 g/mol. The van der Waals surface area contributed by atoms with E-state index < -0.39 is 5.97 Å². The Balaban J connectivity index is 1.27. The molecule has 0 atom stereocenters. The first kappa shape index (κ1) is 18.9. The Bertz CT molecular complexity index is 756. The number of carboxylic acids is 1. The maximum atomic E-state index is 12.8. The van der Waals surface area contributed by atoms with Crippen LogP contribution in [-0.2, 0) is 4.79 Å². The third kappa shape index (κ3) is 3.73. The van der Waals surface area contributed by atoms with Crippen LogP contribution in [0.3, 0.4) is 0 Å². The lowest BCUT2D eigenvalue weighted by molar-refractivity contribution is -0.139. The van der Waals surface area contributed by atoms with Crippen molar-refractivity contribution in [2.45, 2.75) is 31.7 Å². The predicted octanol–water partition coefficient (Wildman–Crippen LogP) is 0.939. The molecule has 0 unspecified atom stereocenters. The van der Waals surface area contributed by atoms with Gasteiger partial charge in [-0.15, -0.1) is 0 Å². The second-order valence-corrected chi connectivity index (χ2v) is 7.94. The molecule has 0 radical (unpaired) electrons. The first-order valence-electron chi connectivity index (χ1n) is 10.0. The maximum Gasteiger partial charge on any atom is 0.354 e. The molecule has 2 amide bonds. The van der Waals surface area contributed by atoms with Gasteiger partial charge in [-0.25, -0.2) is 9.78 Å². The smallest absolute Gasteiger partial charge is 0.354 e. The molecule has 1 aromatic heterocycles. The minimum atomic E-state index is -1.12. The molecule has 8 nitrogen and oxygen atoms in total. The Morgan fingerprint density at radius 2 is 1.75 bits per heavy atom. The topological polar surface area (TPSA) is 94.0 Å². The van der Waals surface area contributed by atoms with Crippen molar-refractivity contribution < 1.29 is 19.5 Å². The van der Waals surface area contributed by atoms with E-state index in [2.05, 4.69) is 9.88 Å². The highest BCUT2D eigenvalue weighted by molar-refractivity contribution is 5.96. The lowest BCUT2D eigenvalue weighted by Gasteiger charge is -2.40. The van der Waals surface area contributed by atoms with Gasteiger partial charge in [0.1, 0.15) is 5.69 Å². The SMILES string of the molecule is O=C(O)c1ccc(C(=O)N2CC(C(=O)N3CCCN(C4CCC4)CC3)C2)cn1. The second-order valence-electron chi connectivity index (χ2n) is 7.94. The molecule has 1 aliphatic carbocycles. The quantitative estimate of drug-likeness (QED) is 0.828. The van der Waals surface area contributed by atoms with Gasteiger partial charge in [0, 0.05) is 51.5 Å². The molecule has 1 N–H and O–H groups in total. The Labute approximate surface area is 164 Å². The normalized spacial score (nSPS) is 21.6. The number of likely N-dealkylation sites (tertiary alicyclic amines) is 1. The molecule has 1 aromatic rings. The molecule has 3 aliphatic rings. The van der Waals surface area contributed by atoms with Crippen molar-refractivity contribution in [3.63, 3.8) is 0 Å². The van der Waals surface area contributed by atoms with Gasteiger partial charge in [-0.05, 0) is 31.4 Å². The number of carbonyl (C=O) groups excluding carboxylic acids is 2. The summed E-state index contributed by atoms with van der Waals surface area (Å²) in [5, 5.41) is 8.88. The first-order chi connectivity index (χ1) is 13.5. The van der Waals surface area contributed by atoms with Crippen LogP contribution >= 0.6 is 0 Å². The standard InChI is InChI=1S/C20H26N4O4/c25-18(14-5-6-17(20(27)28)21-11-14)24-12-15(13-24)19(26)23-8-2-7-22(9-10-23)16-3-1-4-16/h5-6,11,15-16H,1-4,7-10,12-13H2,(H,27,28). The van der Waals surface area contributed by atoms with E-state index in [0.717, 1.165) is 32.6 Å². The van der Waals surface area contributed by atoms with E-state index in [9.17, 15) is 14.4 Å². The van der Waals surface area contributed by atoms with Crippen molar-refractivity contribution in [2.75, 3.05) is 39.3 Å². The van der Waals surface area contributed by atoms with Gasteiger partial charge in [0.2, 0.25) is 5.91 Å². The number of aromatic nitrogens is 1. The molecule has 2 aliphatic heterocycles. The molecular formula is C20H26N4O4. The highest BCUT2D eigenvalue weighted by Gasteiger charge is 2.39. The molecule has 1 saturated carbocycles. The van der Waals surface area contributed by atoms with Crippen molar-refractivity contribution in [2.24, 2.45) is 5.92 Å². The second kappa shape index (κ2) is 7.87. The molecule has 0 spiro atoms. The summed E-state index contributed by atoms with van der Waals surface area (Å²) in [6.07, 6.45) is 6.19. The molecule has 4 rings (SSSR count). The molecule has 28 heavy (non-hydrogen) atoms. The fraction of sp³-hybridized carbons (Fsp3) is 0.600. The predicted molar refractivity (Wildman–Crippen MR) is 101 cm³/mol. The van der Waals surface area contributed by atoms with E-state index >= 15 is 0 Å².